The van der Waals surface area contributed by atoms with Crippen molar-refractivity contribution in [2.75, 3.05) is 0 Å². The first-order chi connectivity index (χ1) is 12.0. The largest absolute Gasteiger partial charge is 0.346 e. The molecule has 0 spiro atoms. The van der Waals surface area contributed by atoms with Gasteiger partial charge in [0.15, 0.2) is 0 Å². The molecule has 1 N–H and O–H groups in total. The van der Waals surface area contributed by atoms with Gasteiger partial charge in [0.05, 0.1) is 11.6 Å². The topological polar surface area (TPSA) is 51.1 Å². The Balaban J connectivity index is 1.74. The smallest absolute Gasteiger partial charge is 0.257 e. The van der Waals surface area contributed by atoms with E-state index in [-0.39, 0.29) is 22.9 Å². The van der Waals surface area contributed by atoms with Gasteiger partial charge in [0.25, 0.3) is 5.91 Å². The summed E-state index contributed by atoms with van der Waals surface area (Å²) in [7, 11) is 0. The van der Waals surface area contributed by atoms with Crippen LogP contribution in [-0.2, 0) is 13.0 Å². The van der Waals surface area contributed by atoms with Gasteiger partial charge in [-0.3, -0.25) is 9.59 Å². The van der Waals surface area contributed by atoms with Crippen molar-refractivity contribution in [1.29, 1.82) is 0 Å². The maximum absolute atomic E-state index is 12.9. The maximum atomic E-state index is 12.9. The molecule has 0 saturated heterocycles. The van der Waals surface area contributed by atoms with E-state index >= 15 is 0 Å². The molecule has 4 nitrogen and oxygen atoms in total. The van der Waals surface area contributed by atoms with Crippen LogP contribution in [0.4, 0.5) is 0 Å². The summed E-state index contributed by atoms with van der Waals surface area (Å²) in [5.74, 6) is -0.333. The highest BCUT2D eigenvalue weighted by atomic mass is 79.9. The maximum Gasteiger partial charge on any atom is 0.257 e. The lowest BCUT2D eigenvalue weighted by atomic mass is 10.1. The Hall–Kier alpha value is -2.40. The number of aryl methyl sites for hydroxylation is 2. The Morgan fingerprint density at radius 3 is 2.76 bits per heavy atom. The van der Waals surface area contributed by atoms with Crippen LogP contribution in [0.1, 0.15) is 34.5 Å². The van der Waals surface area contributed by atoms with Crippen LogP contribution in [0.2, 0.25) is 0 Å². The van der Waals surface area contributed by atoms with Gasteiger partial charge in [0.1, 0.15) is 5.56 Å². The number of carbonyl (C=O) groups excluding carboxylic acids is 1. The van der Waals surface area contributed by atoms with Crippen LogP contribution in [0.3, 0.4) is 0 Å². The summed E-state index contributed by atoms with van der Waals surface area (Å²) in [6.45, 7) is 2.71. The molecule has 0 aliphatic carbocycles. The van der Waals surface area contributed by atoms with Crippen molar-refractivity contribution < 1.29 is 4.79 Å². The van der Waals surface area contributed by atoms with E-state index in [0.29, 0.717) is 5.39 Å². The fourth-order valence-electron chi connectivity index (χ4n) is 3.46. The first-order valence-corrected chi connectivity index (χ1v) is 9.05. The van der Waals surface area contributed by atoms with Gasteiger partial charge in [-0.2, -0.15) is 0 Å². The SMILES string of the molecule is CC(NC(=O)c1cn2c3c(cc(Br)cc3c1=O)CC2)c1ccccc1. The Labute approximate surface area is 153 Å². The van der Waals surface area contributed by atoms with E-state index in [2.05, 4.69) is 21.2 Å². The van der Waals surface area contributed by atoms with Gasteiger partial charge in [-0.05, 0) is 36.6 Å². The van der Waals surface area contributed by atoms with Crippen molar-refractivity contribution in [1.82, 2.24) is 9.88 Å². The Morgan fingerprint density at radius 2 is 2.00 bits per heavy atom. The fourth-order valence-corrected chi connectivity index (χ4v) is 3.97. The zero-order chi connectivity index (χ0) is 17.6. The molecule has 1 aliphatic heterocycles. The molecule has 2 aromatic carbocycles. The Bertz CT molecular complexity index is 1040. The zero-order valence-corrected chi connectivity index (χ0v) is 15.3. The average Bonchev–Trinajstić information content (AvgIpc) is 3.01. The second kappa shape index (κ2) is 6.15. The number of nitrogens with one attached hydrogen (secondary N) is 1. The summed E-state index contributed by atoms with van der Waals surface area (Å²) in [5, 5.41) is 3.54. The normalized spacial score (nSPS) is 13.8. The summed E-state index contributed by atoms with van der Waals surface area (Å²) < 4.78 is 2.89. The summed E-state index contributed by atoms with van der Waals surface area (Å²) >= 11 is 3.47. The second-order valence-electron chi connectivity index (χ2n) is 6.38. The second-order valence-corrected chi connectivity index (χ2v) is 7.30. The van der Waals surface area contributed by atoms with E-state index in [1.165, 1.54) is 0 Å². The summed E-state index contributed by atoms with van der Waals surface area (Å²) in [5.41, 5.74) is 3.08. The minimum atomic E-state index is -0.333. The lowest BCUT2D eigenvalue weighted by molar-refractivity contribution is 0.0938. The van der Waals surface area contributed by atoms with Gasteiger partial charge < -0.3 is 9.88 Å². The quantitative estimate of drug-likeness (QED) is 0.731. The number of nitrogens with zero attached hydrogens (tertiary/aromatic N) is 1. The highest BCUT2D eigenvalue weighted by Gasteiger charge is 2.22. The van der Waals surface area contributed by atoms with E-state index < -0.39 is 0 Å². The number of rotatable bonds is 3. The lowest BCUT2D eigenvalue weighted by Crippen LogP contribution is -2.31. The molecule has 3 aromatic rings. The van der Waals surface area contributed by atoms with Gasteiger partial charge in [0.2, 0.25) is 5.43 Å². The molecule has 1 aliphatic rings. The molecule has 0 saturated carbocycles. The average molecular weight is 397 g/mol. The molecule has 0 bridgehead atoms. The van der Waals surface area contributed by atoms with E-state index in [1.807, 2.05) is 47.9 Å². The van der Waals surface area contributed by atoms with E-state index in [4.69, 9.17) is 0 Å². The zero-order valence-electron chi connectivity index (χ0n) is 13.8. The molecule has 1 aromatic heterocycles. The van der Waals surface area contributed by atoms with Crippen LogP contribution in [0, 0.1) is 0 Å². The number of aromatic nitrogens is 1. The molecule has 1 amide bonds. The molecule has 0 fully saturated rings. The number of amides is 1. The molecule has 1 unspecified atom stereocenters. The molecule has 1 atom stereocenters. The predicted octanol–water partition coefficient (Wildman–Crippen LogP) is 3.81. The molecular formula is C20H17BrN2O2. The third-order valence-corrected chi connectivity index (χ3v) is 5.19. The molecular weight excluding hydrogens is 380 g/mol. The summed E-state index contributed by atoms with van der Waals surface area (Å²) in [6.07, 6.45) is 2.57. The van der Waals surface area contributed by atoms with E-state index in [9.17, 15) is 9.59 Å². The van der Waals surface area contributed by atoms with Gasteiger partial charge >= 0.3 is 0 Å². The van der Waals surface area contributed by atoms with Crippen molar-refractivity contribution in [3.63, 3.8) is 0 Å². The number of halogens is 1. The first kappa shape index (κ1) is 16.1. The number of hydrogen-bond acceptors (Lipinski definition) is 2. The van der Waals surface area contributed by atoms with Crippen LogP contribution < -0.4 is 10.7 Å². The van der Waals surface area contributed by atoms with Crippen molar-refractivity contribution >= 4 is 32.7 Å². The third-order valence-electron chi connectivity index (χ3n) is 4.73. The van der Waals surface area contributed by atoms with Gasteiger partial charge in [-0.25, -0.2) is 0 Å². The highest BCUT2D eigenvalue weighted by Crippen LogP contribution is 2.28. The predicted molar refractivity (Wildman–Crippen MR) is 102 cm³/mol. The first-order valence-electron chi connectivity index (χ1n) is 8.26. The number of pyridine rings is 1. The molecule has 2 heterocycles. The highest BCUT2D eigenvalue weighted by molar-refractivity contribution is 9.10. The van der Waals surface area contributed by atoms with E-state index in [1.54, 1.807) is 12.3 Å². The summed E-state index contributed by atoms with van der Waals surface area (Å²) in [6, 6.07) is 13.4. The van der Waals surface area contributed by atoms with Crippen molar-refractivity contribution in [2.45, 2.75) is 25.9 Å². The molecule has 126 valence electrons. The molecule has 5 heteroatoms. The monoisotopic (exact) mass is 396 g/mol. The number of carbonyl (C=O) groups is 1. The molecule has 0 radical (unpaired) electrons. The minimum absolute atomic E-state index is 0.166. The fraction of sp³-hybridized carbons (Fsp3) is 0.200. The van der Waals surface area contributed by atoms with Gasteiger partial charge in [0, 0.05) is 22.6 Å². The van der Waals surface area contributed by atoms with Crippen LogP contribution in [-0.4, -0.2) is 10.5 Å². The van der Waals surface area contributed by atoms with Crippen molar-refractivity contribution in [3.8, 4) is 0 Å². The van der Waals surface area contributed by atoms with E-state index in [0.717, 1.165) is 34.1 Å². The number of hydrogen-bond donors (Lipinski definition) is 1. The van der Waals surface area contributed by atoms with Gasteiger partial charge in [-0.1, -0.05) is 46.3 Å². The molecule has 25 heavy (non-hydrogen) atoms. The van der Waals surface area contributed by atoms with Crippen molar-refractivity contribution in [3.05, 3.63) is 80.0 Å². The van der Waals surface area contributed by atoms with Gasteiger partial charge in [-0.15, -0.1) is 0 Å². The lowest BCUT2D eigenvalue weighted by Gasteiger charge is -2.15. The third kappa shape index (κ3) is 2.78. The Morgan fingerprint density at radius 1 is 1.24 bits per heavy atom. The standard InChI is InChI=1S/C20H17BrN2O2/c1-12(13-5-3-2-4-6-13)22-20(25)17-11-23-8-7-14-9-15(21)10-16(18(14)23)19(17)24/h2-6,9-12H,7-8H2,1H3,(H,22,25). The molecule has 4 rings (SSSR count). The van der Waals surface area contributed by atoms with Crippen LogP contribution in [0.5, 0.6) is 0 Å². The number of benzene rings is 2. The Kier molecular flexibility index (Phi) is 3.96. The minimum Gasteiger partial charge on any atom is -0.346 e. The van der Waals surface area contributed by atoms with Crippen molar-refractivity contribution in [2.24, 2.45) is 0 Å². The summed E-state index contributed by atoms with van der Waals surface area (Å²) in [4.78, 5) is 25.6. The van der Waals surface area contributed by atoms with Crippen LogP contribution in [0.25, 0.3) is 10.9 Å². The van der Waals surface area contributed by atoms with Crippen LogP contribution >= 0.6 is 15.9 Å². The van der Waals surface area contributed by atoms with Crippen LogP contribution in [0.15, 0.2) is 57.9 Å².